The maximum absolute atomic E-state index is 15.2. The van der Waals surface area contributed by atoms with Gasteiger partial charge in [-0.2, -0.15) is 0 Å². The first-order valence-corrected chi connectivity index (χ1v) is 14.2. The standard InChI is InChI=1S/C28H37O2PS/c1-5-27(3,22-16-10-7-11-17-22)25(29)31(30,24-20-14-9-15-21-24)26(32)28(4,6-2)23-18-12-8-13-19-23/h7-8,10-13,16-19,24H,5-6,9,14-15,20-21H2,1-4H3. The van der Waals surface area contributed by atoms with E-state index in [1.807, 2.05) is 62.4 Å². The molecule has 0 saturated heterocycles. The summed E-state index contributed by atoms with van der Waals surface area (Å²) in [7, 11) is -3.49. The number of carbonyl (C=O) groups is 1. The van der Waals surface area contributed by atoms with E-state index in [-0.39, 0.29) is 11.2 Å². The predicted octanol–water partition coefficient (Wildman–Crippen LogP) is 8.27. The van der Waals surface area contributed by atoms with Crippen LogP contribution in [0.25, 0.3) is 0 Å². The van der Waals surface area contributed by atoms with Gasteiger partial charge < -0.3 is 4.57 Å². The maximum atomic E-state index is 15.2. The number of carbonyl (C=O) groups excluding carboxylic acids is 1. The molecule has 1 aliphatic carbocycles. The minimum absolute atomic E-state index is 0.133. The molecule has 3 unspecified atom stereocenters. The largest absolute Gasteiger partial charge is 0.310 e. The molecule has 0 radical (unpaired) electrons. The Morgan fingerprint density at radius 2 is 1.28 bits per heavy atom. The monoisotopic (exact) mass is 468 g/mol. The Morgan fingerprint density at radius 3 is 1.72 bits per heavy atom. The molecule has 0 aliphatic heterocycles. The van der Waals surface area contributed by atoms with E-state index in [0.717, 1.165) is 43.2 Å². The van der Waals surface area contributed by atoms with Gasteiger partial charge in [0.05, 0.1) is 10.0 Å². The van der Waals surface area contributed by atoms with Crippen LogP contribution in [0, 0.1) is 0 Å². The summed E-state index contributed by atoms with van der Waals surface area (Å²) in [6.07, 6.45) is 6.15. The van der Waals surface area contributed by atoms with E-state index < -0.39 is 18.0 Å². The lowest BCUT2D eigenvalue weighted by Crippen LogP contribution is -2.41. The first-order valence-electron chi connectivity index (χ1n) is 12.1. The van der Waals surface area contributed by atoms with Crippen molar-refractivity contribution in [3.05, 3.63) is 71.8 Å². The van der Waals surface area contributed by atoms with Crippen molar-refractivity contribution >= 4 is 29.5 Å². The summed E-state index contributed by atoms with van der Waals surface area (Å²) in [5, 5.41) is 0. The van der Waals surface area contributed by atoms with Crippen molar-refractivity contribution in [3.8, 4) is 0 Å². The van der Waals surface area contributed by atoms with Gasteiger partial charge in [-0.05, 0) is 43.7 Å². The van der Waals surface area contributed by atoms with Crippen LogP contribution in [0.3, 0.4) is 0 Å². The van der Waals surface area contributed by atoms with E-state index in [1.165, 1.54) is 0 Å². The topological polar surface area (TPSA) is 34.1 Å². The van der Waals surface area contributed by atoms with E-state index >= 15 is 4.57 Å². The summed E-state index contributed by atoms with van der Waals surface area (Å²) in [6.45, 7) is 8.16. The van der Waals surface area contributed by atoms with Gasteiger partial charge in [0, 0.05) is 11.1 Å². The third-order valence-electron chi connectivity index (χ3n) is 7.87. The van der Waals surface area contributed by atoms with Gasteiger partial charge in [-0.3, -0.25) is 4.79 Å². The molecule has 1 aliphatic rings. The Bertz CT molecular complexity index is 912. The van der Waals surface area contributed by atoms with Gasteiger partial charge in [-0.1, -0.05) is 113 Å². The molecule has 0 N–H and O–H groups in total. The van der Waals surface area contributed by atoms with Crippen LogP contribution >= 0.6 is 19.4 Å². The van der Waals surface area contributed by atoms with E-state index in [1.54, 1.807) is 0 Å². The Balaban J connectivity index is 2.18. The number of hydrogen-bond acceptors (Lipinski definition) is 3. The molecule has 0 bridgehead atoms. The smallest absolute Gasteiger partial charge is 0.206 e. The third-order valence-corrected chi connectivity index (χ3v) is 12.9. The molecule has 0 amide bonds. The Hall–Kier alpha value is -1.57. The second-order valence-corrected chi connectivity index (χ2v) is 13.3. The quantitative estimate of drug-likeness (QED) is 0.274. The lowest BCUT2D eigenvalue weighted by molar-refractivity contribution is -0.116. The number of rotatable bonds is 9. The maximum Gasteiger partial charge on any atom is 0.206 e. The van der Waals surface area contributed by atoms with Gasteiger partial charge >= 0.3 is 0 Å². The van der Waals surface area contributed by atoms with E-state index in [4.69, 9.17) is 12.2 Å². The summed E-state index contributed by atoms with van der Waals surface area (Å²) in [6, 6.07) is 20.0. The molecule has 1 fully saturated rings. The zero-order valence-electron chi connectivity index (χ0n) is 20.0. The highest BCUT2D eigenvalue weighted by molar-refractivity contribution is 8.09. The van der Waals surface area contributed by atoms with Gasteiger partial charge in [0.15, 0.2) is 7.14 Å². The highest BCUT2D eigenvalue weighted by Crippen LogP contribution is 2.65. The number of thiocarbonyl (C=S) groups is 1. The molecular weight excluding hydrogens is 431 g/mol. The lowest BCUT2D eigenvalue weighted by Gasteiger charge is -2.42. The third kappa shape index (κ3) is 4.31. The summed E-state index contributed by atoms with van der Waals surface area (Å²) >= 11 is 6.14. The average molecular weight is 469 g/mol. The molecule has 2 aromatic carbocycles. The van der Waals surface area contributed by atoms with E-state index in [0.29, 0.717) is 17.4 Å². The van der Waals surface area contributed by atoms with Crippen LogP contribution in [0.1, 0.15) is 83.8 Å². The van der Waals surface area contributed by atoms with Gasteiger partial charge in [0.25, 0.3) is 0 Å². The van der Waals surface area contributed by atoms with Crippen LogP contribution in [0.4, 0.5) is 0 Å². The second-order valence-electron chi connectivity index (χ2n) is 9.66. The van der Waals surface area contributed by atoms with Crippen molar-refractivity contribution in [2.45, 2.75) is 89.1 Å². The van der Waals surface area contributed by atoms with Crippen molar-refractivity contribution in [3.63, 3.8) is 0 Å². The Labute approximate surface area is 199 Å². The van der Waals surface area contributed by atoms with Crippen LogP contribution in [0.2, 0.25) is 0 Å². The fourth-order valence-electron chi connectivity index (χ4n) is 5.17. The Morgan fingerprint density at radius 1 is 0.844 bits per heavy atom. The van der Waals surface area contributed by atoms with Crippen LogP contribution in [-0.2, 0) is 20.2 Å². The van der Waals surface area contributed by atoms with Crippen molar-refractivity contribution < 1.29 is 9.36 Å². The van der Waals surface area contributed by atoms with Gasteiger partial charge in [0.1, 0.15) is 0 Å². The highest BCUT2D eigenvalue weighted by Gasteiger charge is 2.55. The first kappa shape index (κ1) is 25.1. The van der Waals surface area contributed by atoms with Crippen molar-refractivity contribution in [2.75, 3.05) is 0 Å². The molecule has 0 heterocycles. The summed E-state index contributed by atoms with van der Waals surface area (Å²) in [5.41, 5.74) is 0.318. The van der Waals surface area contributed by atoms with Crippen LogP contribution < -0.4 is 0 Å². The fourth-order valence-corrected chi connectivity index (χ4v) is 10.1. The second kappa shape index (κ2) is 10.1. The van der Waals surface area contributed by atoms with Crippen LogP contribution in [0.15, 0.2) is 60.7 Å². The number of benzene rings is 2. The Kier molecular flexibility index (Phi) is 7.94. The van der Waals surface area contributed by atoms with Crippen LogP contribution in [-0.4, -0.2) is 15.8 Å². The van der Waals surface area contributed by atoms with Crippen molar-refractivity contribution in [1.29, 1.82) is 0 Å². The lowest BCUT2D eigenvalue weighted by atomic mass is 9.81. The SMILES string of the molecule is CCC(C)(C(=O)P(=O)(C(=S)C(C)(CC)c1ccccc1)C1CCCCC1)c1ccccc1. The first-order chi connectivity index (χ1) is 15.2. The summed E-state index contributed by atoms with van der Waals surface area (Å²) < 4.78 is 15.7. The normalized spacial score (nSPS) is 20.5. The summed E-state index contributed by atoms with van der Waals surface area (Å²) in [4.78, 5) is 14.5. The molecule has 32 heavy (non-hydrogen) atoms. The summed E-state index contributed by atoms with van der Waals surface area (Å²) in [5.74, 6) is 0. The minimum atomic E-state index is -3.49. The van der Waals surface area contributed by atoms with Gasteiger partial charge in [-0.25, -0.2) is 0 Å². The molecule has 2 nitrogen and oxygen atoms in total. The molecular formula is C28H37O2PS. The molecule has 172 valence electrons. The predicted molar refractivity (Wildman–Crippen MR) is 140 cm³/mol. The zero-order chi connectivity index (χ0) is 23.4. The molecule has 3 atom stereocenters. The molecule has 2 aromatic rings. The van der Waals surface area contributed by atoms with Gasteiger partial charge in [-0.15, -0.1) is 0 Å². The van der Waals surface area contributed by atoms with E-state index in [2.05, 4.69) is 26.0 Å². The van der Waals surface area contributed by atoms with Crippen molar-refractivity contribution in [1.82, 2.24) is 0 Å². The zero-order valence-corrected chi connectivity index (χ0v) is 21.7. The fraction of sp³-hybridized carbons (Fsp3) is 0.500. The average Bonchev–Trinajstić information content (AvgIpc) is 2.87. The van der Waals surface area contributed by atoms with Gasteiger partial charge in [0.2, 0.25) is 5.52 Å². The molecule has 3 rings (SSSR count). The molecule has 0 spiro atoms. The molecule has 1 saturated carbocycles. The van der Waals surface area contributed by atoms with E-state index in [9.17, 15) is 4.79 Å². The van der Waals surface area contributed by atoms with Crippen molar-refractivity contribution in [2.24, 2.45) is 0 Å². The van der Waals surface area contributed by atoms with Crippen LogP contribution in [0.5, 0.6) is 0 Å². The molecule has 0 aromatic heterocycles. The number of hydrogen-bond donors (Lipinski definition) is 0. The molecule has 4 heteroatoms. The highest BCUT2D eigenvalue weighted by atomic mass is 32.1. The minimum Gasteiger partial charge on any atom is -0.310 e.